The number of carbonyl (C=O) groups excluding carboxylic acids is 1. The second-order valence-corrected chi connectivity index (χ2v) is 6.89. The highest BCUT2D eigenvalue weighted by molar-refractivity contribution is 5.85. The van der Waals surface area contributed by atoms with E-state index in [1.54, 1.807) is 7.11 Å². The molecule has 1 amide bonds. The Morgan fingerprint density at radius 1 is 1.29 bits per heavy atom. The van der Waals surface area contributed by atoms with Gasteiger partial charge in [-0.15, -0.1) is 0 Å². The highest BCUT2D eigenvalue weighted by Gasteiger charge is 2.32. The highest BCUT2D eigenvalue weighted by Crippen LogP contribution is 2.29. The molecule has 5 heteroatoms. The lowest BCUT2D eigenvalue weighted by Crippen LogP contribution is -2.34. The number of aryl methyl sites for hydroxylation is 1. The Morgan fingerprint density at radius 2 is 2.12 bits per heavy atom. The molecule has 0 radical (unpaired) electrons. The number of benzene rings is 1. The molecule has 2 fully saturated rings. The van der Waals surface area contributed by atoms with Gasteiger partial charge in [-0.2, -0.15) is 0 Å². The Bertz CT molecular complexity index is 786. The Morgan fingerprint density at radius 3 is 2.88 bits per heavy atom. The fraction of sp³-hybridized carbons (Fsp3) is 0.474. The van der Waals surface area contributed by atoms with Crippen LogP contribution in [0.4, 0.5) is 5.82 Å². The van der Waals surface area contributed by atoms with Crippen LogP contribution in [0.1, 0.15) is 24.8 Å². The molecule has 1 saturated carbocycles. The third kappa shape index (κ3) is 2.90. The van der Waals surface area contributed by atoms with E-state index in [9.17, 15) is 4.79 Å². The van der Waals surface area contributed by atoms with Crippen molar-refractivity contribution in [2.24, 2.45) is 5.92 Å². The lowest BCUT2D eigenvalue weighted by atomic mass is 10.1. The predicted octanol–water partition coefficient (Wildman–Crippen LogP) is 2.66. The van der Waals surface area contributed by atoms with Gasteiger partial charge >= 0.3 is 0 Å². The summed E-state index contributed by atoms with van der Waals surface area (Å²) in [5, 5.41) is 4.26. The normalized spacial score (nSPS) is 20.4. The lowest BCUT2D eigenvalue weighted by molar-refractivity contribution is -0.124. The number of carbonyl (C=O) groups is 1. The number of pyridine rings is 1. The van der Waals surface area contributed by atoms with Crippen LogP contribution in [0.2, 0.25) is 0 Å². The summed E-state index contributed by atoms with van der Waals surface area (Å²) < 4.78 is 5.31. The maximum Gasteiger partial charge on any atom is 0.225 e. The first kappa shape index (κ1) is 15.2. The van der Waals surface area contributed by atoms with Crippen molar-refractivity contribution in [1.82, 2.24) is 10.3 Å². The summed E-state index contributed by atoms with van der Waals surface area (Å²) in [5.41, 5.74) is 2.14. The zero-order chi connectivity index (χ0) is 16.7. The number of rotatable bonds is 4. The first-order valence-corrected chi connectivity index (χ1v) is 8.65. The Kier molecular flexibility index (Phi) is 3.79. The smallest absolute Gasteiger partial charge is 0.225 e. The Labute approximate surface area is 142 Å². The summed E-state index contributed by atoms with van der Waals surface area (Å²) in [5.74, 6) is 2.05. The van der Waals surface area contributed by atoms with Gasteiger partial charge in [0, 0.05) is 30.6 Å². The minimum absolute atomic E-state index is 0.0775. The number of methoxy groups -OCH3 is 1. The average Bonchev–Trinajstić information content (AvgIpc) is 3.25. The summed E-state index contributed by atoms with van der Waals surface area (Å²) in [6.07, 6.45) is 3.17. The van der Waals surface area contributed by atoms with Crippen molar-refractivity contribution >= 4 is 22.6 Å². The maximum atomic E-state index is 12.3. The number of anilines is 1. The molecule has 0 spiro atoms. The molecule has 5 nitrogen and oxygen atoms in total. The molecule has 1 N–H and O–H groups in total. The van der Waals surface area contributed by atoms with Crippen LogP contribution in [0.5, 0.6) is 5.75 Å². The number of aromatic nitrogens is 1. The van der Waals surface area contributed by atoms with E-state index in [2.05, 4.69) is 29.3 Å². The van der Waals surface area contributed by atoms with Crippen LogP contribution in [0, 0.1) is 12.8 Å². The van der Waals surface area contributed by atoms with Crippen molar-refractivity contribution in [3.05, 3.63) is 29.8 Å². The van der Waals surface area contributed by atoms with Crippen LogP contribution < -0.4 is 15.0 Å². The molecule has 1 aromatic heterocycles. The summed E-state index contributed by atoms with van der Waals surface area (Å²) in [6.45, 7) is 3.73. The van der Waals surface area contributed by atoms with E-state index < -0.39 is 0 Å². The predicted molar refractivity (Wildman–Crippen MR) is 94.5 cm³/mol. The van der Waals surface area contributed by atoms with Gasteiger partial charge in [0.2, 0.25) is 5.91 Å². The minimum atomic E-state index is 0.0775. The van der Waals surface area contributed by atoms with Gasteiger partial charge in [-0.25, -0.2) is 4.98 Å². The van der Waals surface area contributed by atoms with Crippen LogP contribution in [0.15, 0.2) is 24.3 Å². The SMILES string of the molecule is COc1ccc2c(C)cc(N3CCC(C(=O)NC4CC4)C3)nc2c1. The molecule has 126 valence electrons. The highest BCUT2D eigenvalue weighted by atomic mass is 16.5. The van der Waals surface area contributed by atoms with E-state index in [4.69, 9.17) is 9.72 Å². The van der Waals surface area contributed by atoms with Gasteiger partial charge in [0.15, 0.2) is 0 Å². The van der Waals surface area contributed by atoms with Crippen LogP contribution in [-0.2, 0) is 4.79 Å². The second kappa shape index (κ2) is 5.96. The third-order valence-electron chi connectivity index (χ3n) is 5.02. The maximum absolute atomic E-state index is 12.3. The minimum Gasteiger partial charge on any atom is -0.497 e. The Hall–Kier alpha value is -2.30. The topological polar surface area (TPSA) is 54.5 Å². The molecule has 4 rings (SSSR count). The average molecular weight is 325 g/mol. The molecular formula is C19H23N3O2. The van der Waals surface area contributed by atoms with Crippen molar-refractivity contribution in [2.45, 2.75) is 32.2 Å². The summed E-state index contributed by atoms with van der Waals surface area (Å²) in [4.78, 5) is 19.3. The van der Waals surface area contributed by atoms with E-state index >= 15 is 0 Å². The van der Waals surface area contributed by atoms with E-state index in [1.165, 1.54) is 5.56 Å². The van der Waals surface area contributed by atoms with E-state index in [0.717, 1.165) is 54.8 Å². The first-order valence-electron chi connectivity index (χ1n) is 8.65. The molecule has 1 atom stereocenters. The number of ether oxygens (including phenoxy) is 1. The number of nitrogens with one attached hydrogen (secondary N) is 1. The molecule has 24 heavy (non-hydrogen) atoms. The fourth-order valence-electron chi connectivity index (χ4n) is 3.38. The second-order valence-electron chi connectivity index (χ2n) is 6.89. The molecular weight excluding hydrogens is 302 g/mol. The van der Waals surface area contributed by atoms with Gasteiger partial charge in [0.25, 0.3) is 0 Å². The quantitative estimate of drug-likeness (QED) is 0.939. The third-order valence-corrected chi connectivity index (χ3v) is 5.02. The molecule has 1 aliphatic heterocycles. The standard InChI is InChI=1S/C19H23N3O2/c1-12-9-18(21-17-10-15(24-2)5-6-16(12)17)22-8-7-13(11-22)19(23)20-14-3-4-14/h5-6,9-10,13-14H,3-4,7-8,11H2,1-2H3,(H,20,23). The fourth-order valence-corrected chi connectivity index (χ4v) is 3.38. The van der Waals surface area contributed by atoms with Gasteiger partial charge in [0.05, 0.1) is 18.5 Å². The van der Waals surface area contributed by atoms with Crippen LogP contribution in [-0.4, -0.2) is 37.1 Å². The van der Waals surface area contributed by atoms with Gasteiger partial charge in [-0.3, -0.25) is 4.79 Å². The summed E-state index contributed by atoms with van der Waals surface area (Å²) in [7, 11) is 1.67. The number of fused-ring (bicyclic) bond motifs is 1. The number of hydrogen-bond acceptors (Lipinski definition) is 4. The molecule has 1 aliphatic carbocycles. The van der Waals surface area contributed by atoms with Crippen molar-refractivity contribution in [1.29, 1.82) is 0 Å². The molecule has 2 heterocycles. The van der Waals surface area contributed by atoms with Crippen molar-refractivity contribution in [3.63, 3.8) is 0 Å². The van der Waals surface area contributed by atoms with Gasteiger partial charge in [-0.05, 0) is 49.9 Å². The molecule has 1 saturated heterocycles. The lowest BCUT2D eigenvalue weighted by Gasteiger charge is -2.19. The molecule has 2 aromatic rings. The number of nitrogens with zero attached hydrogens (tertiary/aromatic N) is 2. The molecule has 1 aromatic carbocycles. The van der Waals surface area contributed by atoms with Gasteiger partial charge < -0.3 is 15.0 Å². The summed E-state index contributed by atoms with van der Waals surface area (Å²) >= 11 is 0. The van der Waals surface area contributed by atoms with Crippen LogP contribution >= 0.6 is 0 Å². The number of amides is 1. The largest absolute Gasteiger partial charge is 0.497 e. The molecule has 1 unspecified atom stereocenters. The zero-order valence-corrected chi connectivity index (χ0v) is 14.2. The molecule has 0 bridgehead atoms. The van der Waals surface area contributed by atoms with Crippen molar-refractivity contribution < 1.29 is 9.53 Å². The van der Waals surface area contributed by atoms with Crippen LogP contribution in [0.3, 0.4) is 0 Å². The number of hydrogen-bond donors (Lipinski definition) is 1. The monoisotopic (exact) mass is 325 g/mol. The van der Waals surface area contributed by atoms with Gasteiger partial charge in [0.1, 0.15) is 11.6 Å². The zero-order valence-electron chi connectivity index (χ0n) is 14.2. The van der Waals surface area contributed by atoms with Crippen molar-refractivity contribution in [2.75, 3.05) is 25.1 Å². The van der Waals surface area contributed by atoms with E-state index in [-0.39, 0.29) is 11.8 Å². The first-order chi connectivity index (χ1) is 11.6. The van der Waals surface area contributed by atoms with Crippen molar-refractivity contribution in [3.8, 4) is 5.75 Å². The Balaban J connectivity index is 1.56. The molecule has 2 aliphatic rings. The van der Waals surface area contributed by atoms with E-state index in [0.29, 0.717) is 6.04 Å². The summed E-state index contributed by atoms with van der Waals surface area (Å²) in [6, 6.07) is 8.54. The van der Waals surface area contributed by atoms with Gasteiger partial charge in [-0.1, -0.05) is 0 Å². The van der Waals surface area contributed by atoms with E-state index in [1.807, 2.05) is 12.1 Å². The van der Waals surface area contributed by atoms with Crippen LogP contribution in [0.25, 0.3) is 10.9 Å².